The van der Waals surface area contributed by atoms with Crippen LogP contribution in [0.5, 0.6) is 17.2 Å². The van der Waals surface area contributed by atoms with E-state index in [1.54, 1.807) is 7.11 Å². The second-order valence-corrected chi connectivity index (χ2v) is 4.23. The van der Waals surface area contributed by atoms with E-state index < -0.39 is 4.92 Å². The molecule has 0 spiro atoms. The van der Waals surface area contributed by atoms with Gasteiger partial charge in [-0.1, -0.05) is 12.1 Å². The van der Waals surface area contributed by atoms with E-state index in [1.807, 2.05) is 24.3 Å². The first-order valence-electron chi connectivity index (χ1n) is 6.22. The molecule has 0 radical (unpaired) electrons. The summed E-state index contributed by atoms with van der Waals surface area (Å²) in [7, 11) is 3.07. The molecule has 0 saturated carbocycles. The van der Waals surface area contributed by atoms with Gasteiger partial charge in [-0.15, -0.1) is 0 Å². The number of benzene rings is 2. The third-order valence-electron chi connectivity index (χ3n) is 2.89. The molecule has 6 nitrogen and oxygen atoms in total. The van der Waals surface area contributed by atoms with Crippen molar-refractivity contribution in [2.24, 2.45) is 0 Å². The number of ether oxygens (including phenoxy) is 3. The van der Waals surface area contributed by atoms with Crippen molar-refractivity contribution in [3.05, 3.63) is 58.1 Å². The maximum absolute atomic E-state index is 10.8. The highest BCUT2D eigenvalue weighted by Crippen LogP contribution is 2.31. The van der Waals surface area contributed by atoms with Crippen LogP contribution in [-0.4, -0.2) is 19.1 Å². The Labute approximate surface area is 122 Å². The minimum atomic E-state index is -0.474. The molecule has 0 heterocycles. The molecule has 0 amide bonds. The van der Waals surface area contributed by atoms with Crippen molar-refractivity contribution in [2.75, 3.05) is 14.2 Å². The summed E-state index contributed by atoms with van der Waals surface area (Å²) < 4.78 is 15.9. The Balaban J connectivity index is 2.17. The fourth-order valence-electron chi connectivity index (χ4n) is 1.82. The third-order valence-corrected chi connectivity index (χ3v) is 2.89. The molecule has 0 atom stereocenters. The minimum Gasteiger partial charge on any atom is -0.497 e. The van der Waals surface area contributed by atoms with Crippen LogP contribution in [0.25, 0.3) is 0 Å². The summed E-state index contributed by atoms with van der Waals surface area (Å²) in [6, 6.07) is 11.6. The van der Waals surface area contributed by atoms with Gasteiger partial charge in [-0.25, -0.2) is 0 Å². The van der Waals surface area contributed by atoms with Gasteiger partial charge in [0, 0.05) is 6.07 Å². The summed E-state index contributed by atoms with van der Waals surface area (Å²) in [6.07, 6.45) is 0. The smallest absolute Gasteiger partial charge is 0.273 e. The summed E-state index contributed by atoms with van der Waals surface area (Å²) in [4.78, 5) is 10.3. The number of hydrogen-bond donors (Lipinski definition) is 0. The SMILES string of the molecule is COc1cccc(COc2cc([N+](=O)[O-])ccc2OC)c1. The Morgan fingerprint density at radius 1 is 1.05 bits per heavy atom. The highest BCUT2D eigenvalue weighted by Gasteiger charge is 2.12. The van der Waals surface area contributed by atoms with Crippen molar-refractivity contribution in [1.29, 1.82) is 0 Å². The molecule has 0 unspecified atom stereocenters. The molecular weight excluding hydrogens is 274 g/mol. The van der Waals surface area contributed by atoms with E-state index in [4.69, 9.17) is 14.2 Å². The van der Waals surface area contributed by atoms with Crippen LogP contribution in [-0.2, 0) is 6.61 Å². The van der Waals surface area contributed by atoms with E-state index >= 15 is 0 Å². The number of nitrogens with zero attached hydrogens (tertiary/aromatic N) is 1. The third kappa shape index (κ3) is 3.62. The van der Waals surface area contributed by atoms with Gasteiger partial charge in [-0.05, 0) is 23.8 Å². The lowest BCUT2D eigenvalue weighted by molar-refractivity contribution is -0.385. The van der Waals surface area contributed by atoms with Gasteiger partial charge in [0.1, 0.15) is 12.4 Å². The molecule has 0 aromatic heterocycles. The predicted molar refractivity (Wildman–Crippen MR) is 77.0 cm³/mol. The predicted octanol–water partition coefficient (Wildman–Crippen LogP) is 3.19. The quantitative estimate of drug-likeness (QED) is 0.603. The van der Waals surface area contributed by atoms with E-state index in [0.29, 0.717) is 11.5 Å². The molecule has 0 N–H and O–H groups in total. The summed E-state index contributed by atoms with van der Waals surface area (Å²) in [6.45, 7) is 0.259. The lowest BCUT2D eigenvalue weighted by Crippen LogP contribution is -1.99. The van der Waals surface area contributed by atoms with Gasteiger partial charge < -0.3 is 14.2 Å². The fraction of sp³-hybridized carbons (Fsp3) is 0.200. The van der Waals surface area contributed by atoms with Crippen molar-refractivity contribution in [1.82, 2.24) is 0 Å². The van der Waals surface area contributed by atoms with Crippen LogP contribution in [0, 0.1) is 10.1 Å². The van der Waals surface area contributed by atoms with Gasteiger partial charge in [0.2, 0.25) is 0 Å². The maximum Gasteiger partial charge on any atom is 0.273 e. The van der Waals surface area contributed by atoms with Gasteiger partial charge in [-0.2, -0.15) is 0 Å². The van der Waals surface area contributed by atoms with Gasteiger partial charge in [-0.3, -0.25) is 10.1 Å². The molecule has 2 aromatic carbocycles. The number of nitro groups is 1. The van der Waals surface area contributed by atoms with Crippen molar-refractivity contribution in [3.8, 4) is 17.2 Å². The first-order valence-corrected chi connectivity index (χ1v) is 6.22. The average molecular weight is 289 g/mol. The van der Waals surface area contributed by atoms with Gasteiger partial charge in [0.15, 0.2) is 11.5 Å². The molecule has 110 valence electrons. The number of rotatable bonds is 6. The summed E-state index contributed by atoms with van der Waals surface area (Å²) in [5.74, 6) is 1.50. The topological polar surface area (TPSA) is 70.8 Å². The van der Waals surface area contributed by atoms with E-state index in [0.717, 1.165) is 11.3 Å². The van der Waals surface area contributed by atoms with Crippen LogP contribution in [0.1, 0.15) is 5.56 Å². The Morgan fingerprint density at radius 2 is 1.86 bits per heavy atom. The minimum absolute atomic E-state index is 0.0450. The van der Waals surface area contributed by atoms with Crippen LogP contribution in [0.3, 0.4) is 0 Å². The van der Waals surface area contributed by atoms with Crippen molar-refractivity contribution in [3.63, 3.8) is 0 Å². The fourth-order valence-corrected chi connectivity index (χ4v) is 1.82. The van der Waals surface area contributed by atoms with Crippen molar-refractivity contribution < 1.29 is 19.1 Å². The first kappa shape index (κ1) is 14.6. The second kappa shape index (κ2) is 6.60. The molecule has 6 heteroatoms. The summed E-state index contributed by atoms with van der Waals surface area (Å²) in [5.41, 5.74) is 0.847. The van der Waals surface area contributed by atoms with Crippen LogP contribution in [0.2, 0.25) is 0 Å². The molecule has 0 fully saturated rings. The number of non-ortho nitro benzene ring substituents is 1. The first-order chi connectivity index (χ1) is 10.1. The lowest BCUT2D eigenvalue weighted by atomic mass is 10.2. The van der Waals surface area contributed by atoms with Crippen LogP contribution in [0.15, 0.2) is 42.5 Å². The van der Waals surface area contributed by atoms with E-state index in [2.05, 4.69) is 0 Å². The standard InChI is InChI=1S/C15H15NO5/c1-19-13-5-3-4-11(8-13)10-21-15-9-12(16(17)18)6-7-14(15)20-2/h3-9H,10H2,1-2H3. The molecular formula is C15H15NO5. The van der Waals surface area contributed by atoms with Gasteiger partial charge in [0.05, 0.1) is 25.2 Å². The molecule has 0 aliphatic rings. The van der Waals surface area contributed by atoms with Gasteiger partial charge in [0.25, 0.3) is 5.69 Å². The number of hydrogen-bond acceptors (Lipinski definition) is 5. The van der Waals surface area contributed by atoms with E-state index in [9.17, 15) is 10.1 Å². The zero-order chi connectivity index (χ0) is 15.2. The molecule has 0 aliphatic carbocycles. The second-order valence-electron chi connectivity index (χ2n) is 4.23. The van der Waals surface area contributed by atoms with Crippen molar-refractivity contribution >= 4 is 5.69 Å². The highest BCUT2D eigenvalue weighted by atomic mass is 16.6. The lowest BCUT2D eigenvalue weighted by Gasteiger charge is -2.11. The average Bonchev–Trinajstić information content (AvgIpc) is 2.52. The van der Waals surface area contributed by atoms with Crippen LogP contribution < -0.4 is 14.2 Å². The highest BCUT2D eigenvalue weighted by molar-refractivity contribution is 5.48. The Hall–Kier alpha value is -2.76. The Kier molecular flexibility index (Phi) is 4.61. The zero-order valence-corrected chi connectivity index (χ0v) is 11.7. The van der Waals surface area contributed by atoms with Crippen LogP contribution >= 0.6 is 0 Å². The number of nitro benzene ring substituents is 1. The van der Waals surface area contributed by atoms with E-state index in [1.165, 1.54) is 25.3 Å². The molecule has 0 bridgehead atoms. The molecule has 2 aromatic rings. The number of methoxy groups -OCH3 is 2. The molecule has 2 rings (SSSR count). The molecule has 21 heavy (non-hydrogen) atoms. The molecule has 0 aliphatic heterocycles. The van der Waals surface area contributed by atoms with E-state index in [-0.39, 0.29) is 12.3 Å². The normalized spacial score (nSPS) is 10.0. The summed E-state index contributed by atoms with van der Waals surface area (Å²) >= 11 is 0. The maximum atomic E-state index is 10.8. The van der Waals surface area contributed by atoms with Crippen LogP contribution in [0.4, 0.5) is 5.69 Å². The monoisotopic (exact) mass is 289 g/mol. The summed E-state index contributed by atoms with van der Waals surface area (Å²) in [5, 5.41) is 10.8. The van der Waals surface area contributed by atoms with Crippen molar-refractivity contribution in [2.45, 2.75) is 6.61 Å². The zero-order valence-electron chi connectivity index (χ0n) is 11.7. The molecule has 0 saturated heterocycles. The Morgan fingerprint density at radius 3 is 2.52 bits per heavy atom. The largest absolute Gasteiger partial charge is 0.497 e. The Bertz CT molecular complexity index is 642. The van der Waals surface area contributed by atoms with Gasteiger partial charge >= 0.3 is 0 Å².